The van der Waals surface area contributed by atoms with Crippen LogP contribution in [0.5, 0.6) is 0 Å². The Morgan fingerprint density at radius 1 is 1.12 bits per heavy atom. The predicted molar refractivity (Wildman–Crippen MR) is 45.7 cm³/mol. The summed E-state index contributed by atoms with van der Waals surface area (Å²) in [7, 11) is 3.04. The molecular weight excluding hydrogens is 273 g/mol. The summed E-state index contributed by atoms with van der Waals surface area (Å²) in [6.07, 6.45) is 0. The minimum atomic E-state index is -1.30. The molecule has 0 saturated carbocycles. The summed E-state index contributed by atoms with van der Waals surface area (Å²) in [6, 6.07) is 0. The summed E-state index contributed by atoms with van der Waals surface area (Å²) in [5.41, 5.74) is 0. The van der Waals surface area contributed by atoms with Crippen molar-refractivity contribution in [2.75, 3.05) is 0 Å². The summed E-state index contributed by atoms with van der Waals surface area (Å²) in [4.78, 5) is 0. The number of hydrogen-bond donors (Lipinski definition) is 0. The molecule has 0 aromatic carbocycles. The van der Waals surface area contributed by atoms with Crippen LogP contribution in [0.15, 0.2) is 0 Å². The zero-order chi connectivity index (χ0) is 3.58. The molecule has 0 aromatic rings. The van der Waals surface area contributed by atoms with E-state index in [-0.39, 0.29) is 75.9 Å². The Morgan fingerprint density at radius 3 is 1.12 bits per heavy atom. The van der Waals surface area contributed by atoms with Crippen LogP contribution in [0.3, 0.4) is 0 Å². The maximum atomic E-state index is 9.56. The SMILES string of the molecule is O=[Si](P)P.[AlH3].[AlH3].[Ti].[Zn]. The van der Waals surface area contributed by atoms with Crippen LogP contribution in [0.4, 0.5) is 0 Å². The van der Waals surface area contributed by atoms with Crippen LogP contribution in [-0.4, -0.2) is 42.7 Å². The van der Waals surface area contributed by atoms with Crippen LogP contribution in [0.2, 0.25) is 0 Å². The van der Waals surface area contributed by atoms with Gasteiger partial charge in [-0.2, -0.15) is 0 Å². The van der Waals surface area contributed by atoms with Crippen molar-refractivity contribution >= 4 is 60.3 Å². The van der Waals surface area contributed by atoms with Gasteiger partial charge in [0.15, 0.2) is 34.7 Å². The number of hydrogen-bond acceptors (Lipinski definition) is 1. The van der Waals surface area contributed by atoms with Gasteiger partial charge in [0.1, 0.15) is 0 Å². The van der Waals surface area contributed by atoms with Gasteiger partial charge in [-0.05, 0) is 0 Å². The van der Waals surface area contributed by atoms with Gasteiger partial charge < -0.3 is 4.46 Å². The minimum absolute atomic E-state index is 0. The number of rotatable bonds is 0. The van der Waals surface area contributed by atoms with Gasteiger partial charge in [-0.1, -0.05) is 17.6 Å². The Bertz CT molecular complexity index is 43.0. The largest absolute Gasteiger partial charge is 0.378 e. The van der Waals surface area contributed by atoms with Crippen LogP contribution in [0.25, 0.3) is 0 Å². The van der Waals surface area contributed by atoms with E-state index in [1.165, 1.54) is 0 Å². The van der Waals surface area contributed by atoms with Crippen LogP contribution >= 0.6 is 17.6 Å². The Hall–Kier alpha value is 3.28. The molecule has 0 N–H and O–H groups in total. The topological polar surface area (TPSA) is 17.1 Å². The first-order chi connectivity index (χ1) is 1.73. The molecule has 0 spiro atoms. The van der Waals surface area contributed by atoms with Gasteiger partial charge in [0, 0.05) is 41.2 Å². The smallest absolute Gasteiger partial charge is 0.317 e. The zero-order valence-corrected chi connectivity index (χ0v) is 11.1. The molecule has 8 heteroatoms. The second kappa shape index (κ2) is 22.4. The van der Waals surface area contributed by atoms with Gasteiger partial charge in [0.05, 0.1) is 0 Å². The van der Waals surface area contributed by atoms with Crippen LogP contribution in [0, 0.1) is 0 Å². The fourth-order valence-corrected chi connectivity index (χ4v) is 0. The molecule has 0 bridgehead atoms. The zero-order valence-electron chi connectivity index (χ0n) is 3.27. The van der Waals surface area contributed by atoms with E-state index in [9.17, 15) is 4.46 Å². The molecular formula is H10Al2OP2SiTiZn. The van der Waals surface area contributed by atoms with Crippen LogP contribution in [0.1, 0.15) is 0 Å². The van der Waals surface area contributed by atoms with E-state index in [1.807, 2.05) is 0 Å². The van der Waals surface area contributed by atoms with Crippen molar-refractivity contribution in [2.24, 2.45) is 0 Å². The maximum absolute atomic E-state index is 9.56. The molecule has 0 radical (unpaired) electrons. The van der Waals surface area contributed by atoms with Crippen molar-refractivity contribution in [2.45, 2.75) is 0 Å². The van der Waals surface area contributed by atoms with Crippen LogP contribution in [-0.2, 0) is 45.7 Å². The Balaban J connectivity index is -0.00000000750. The standard InChI is InChI=1S/2Al.H4OP2Si.Ti.Zn.6H/c;;1-4(2)3;;;;;;;;/h;;2-3H2;;;;;;;;. The quantitative estimate of drug-likeness (QED) is 0.364. The van der Waals surface area contributed by atoms with E-state index in [0.29, 0.717) is 0 Å². The molecule has 2 atom stereocenters. The van der Waals surface area contributed by atoms with E-state index in [2.05, 4.69) is 17.6 Å². The molecule has 0 aliphatic carbocycles. The van der Waals surface area contributed by atoms with Crippen molar-refractivity contribution in [3.63, 3.8) is 0 Å². The Labute approximate surface area is 105 Å². The molecule has 0 fully saturated rings. The molecule has 0 aromatic heterocycles. The molecule has 1 nitrogen and oxygen atoms in total. The third-order valence-electron chi connectivity index (χ3n) is 0. The second-order valence-electron chi connectivity index (χ2n) is 0.402. The van der Waals surface area contributed by atoms with Crippen molar-refractivity contribution in [3.8, 4) is 0 Å². The van der Waals surface area contributed by atoms with E-state index in [0.717, 1.165) is 0 Å². The first kappa shape index (κ1) is 30.2. The van der Waals surface area contributed by atoms with Gasteiger partial charge in [-0.25, -0.2) is 0 Å². The molecule has 0 saturated heterocycles. The third-order valence-corrected chi connectivity index (χ3v) is 0. The fraction of sp³-hybridized carbons (Fsp3) is 0. The molecule has 0 aliphatic heterocycles. The van der Waals surface area contributed by atoms with Gasteiger partial charge in [-0.15, -0.1) is 0 Å². The predicted octanol–water partition coefficient (Wildman–Crippen LogP) is -2.22. The average Bonchev–Trinajstić information content (AvgIpc) is 0.811. The van der Waals surface area contributed by atoms with Gasteiger partial charge in [0.2, 0.25) is 0 Å². The van der Waals surface area contributed by atoms with Crippen molar-refractivity contribution in [1.82, 2.24) is 0 Å². The Kier molecular flexibility index (Phi) is 84.8. The van der Waals surface area contributed by atoms with Crippen molar-refractivity contribution in [3.05, 3.63) is 0 Å². The minimum Gasteiger partial charge on any atom is -0.378 e. The monoisotopic (exact) mass is 282 g/mol. The molecule has 0 heterocycles. The molecule has 8 heavy (non-hydrogen) atoms. The van der Waals surface area contributed by atoms with E-state index >= 15 is 0 Å². The van der Waals surface area contributed by atoms with Crippen LogP contribution < -0.4 is 0 Å². The third kappa shape index (κ3) is 59.1. The fourth-order valence-electron chi connectivity index (χ4n) is 0. The van der Waals surface area contributed by atoms with Gasteiger partial charge in [-0.3, -0.25) is 0 Å². The second-order valence-corrected chi connectivity index (χ2v) is 6.62. The average molecular weight is 283 g/mol. The van der Waals surface area contributed by atoms with E-state index in [1.54, 1.807) is 0 Å². The van der Waals surface area contributed by atoms with E-state index in [4.69, 9.17) is 0 Å². The summed E-state index contributed by atoms with van der Waals surface area (Å²) in [5.74, 6) is 0. The normalized spacial score (nSPS) is 3.25. The van der Waals surface area contributed by atoms with E-state index < -0.39 is 8.02 Å². The molecule has 0 amide bonds. The van der Waals surface area contributed by atoms with Crippen molar-refractivity contribution < 1.29 is 45.7 Å². The molecule has 0 rings (SSSR count). The molecule has 0 aliphatic rings. The Morgan fingerprint density at radius 2 is 1.12 bits per heavy atom. The summed E-state index contributed by atoms with van der Waals surface area (Å²) in [6.45, 7) is 0. The summed E-state index contributed by atoms with van der Waals surface area (Å²) < 4.78 is 9.56. The molecule has 2 unspecified atom stereocenters. The van der Waals surface area contributed by atoms with Gasteiger partial charge >= 0.3 is 8.02 Å². The summed E-state index contributed by atoms with van der Waals surface area (Å²) >= 11 is 0. The first-order valence-corrected chi connectivity index (χ1v) is 5.81. The van der Waals surface area contributed by atoms with Crippen molar-refractivity contribution in [1.29, 1.82) is 0 Å². The first-order valence-electron chi connectivity index (χ1n) is 0.781. The van der Waals surface area contributed by atoms with Gasteiger partial charge in [0.25, 0.3) is 0 Å². The molecule has 42 valence electrons. The maximum Gasteiger partial charge on any atom is 0.317 e. The summed E-state index contributed by atoms with van der Waals surface area (Å²) in [5, 5.41) is 0.